The van der Waals surface area contributed by atoms with Crippen LogP contribution in [0, 0.1) is 23.7 Å². The Hall–Kier alpha value is -2.91. The number of hydrogen-bond acceptors (Lipinski definition) is 4. The molecule has 2 bridgehead atoms. The van der Waals surface area contributed by atoms with E-state index >= 15 is 0 Å². The van der Waals surface area contributed by atoms with E-state index in [1.807, 2.05) is 0 Å². The Balaban J connectivity index is 1.69. The second-order valence-electron chi connectivity index (χ2n) is 7.04. The molecule has 2 N–H and O–H groups in total. The number of aromatic carboxylic acids is 1. The minimum atomic E-state index is -4.47. The first-order chi connectivity index (χ1) is 13.6. The van der Waals surface area contributed by atoms with Gasteiger partial charge in [-0.05, 0) is 42.5 Å². The number of halogens is 4. The number of anilines is 1. The van der Waals surface area contributed by atoms with Gasteiger partial charge in [0.15, 0.2) is 6.61 Å². The third-order valence-corrected chi connectivity index (χ3v) is 5.16. The summed E-state index contributed by atoms with van der Waals surface area (Å²) >= 11 is 0. The predicted molar refractivity (Wildman–Crippen MR) is 91.7 cm³/mol. The van der Waals surface area contributed by atoms with Crippen molar-refractivity contribution in [3.05, 3.63) is 42.0 Å². The highest BCUT2D eigenvalue weighted by Crippen LogP contribution is 2.49. The number of rotatable bonds is 7. The summed E-state index contributed by atoms with van der Waals surface area (Å²) in [4.78, 5) is 35.9. The van der Waals surface area contributed by atoms with Crippen molar-refractivity contribution < 1.29 is 41.8 Å². The maximum atomic E-state index is 13.1. The van der Waals surface area contributed by atoms with Crippen LogP contribution in [-0.2, 0) is 14.3 Å². The number of alkyl halides is 4. The smallest absolute Gasteiger partial charge is 0.340 e. The highest BCUT2D eigenvalue weighted by atomic mass is 19.3. The third-order valence-electron chi connectivity index (χ3n) is 5.16. The molecule has 0 radical (unpaired) electrons. The highest BCUT2D eigenvalue weighted by Gasteiger charge is 2.53. The molecule has 1 aromatic rings. The molecule has 0 saturated heterocycles. The van der Waals surface area contributed by atoms with Crippen molar-refractivity contribution in [3.63, 3.8) is 0 Å². The molecule has 2 aliphatic rings. The molecule has 29 heavy (non-hydrogen) atoms. The average molecular weight is 415 g/mol. The Labute approximate surface area is 162 Å². The molecule has 6 nitrogen and oxygen atoms in total. The molecule has 0 unspecified atom stereocenters. The summed E-state index contributed by atoms with van der Waals surface area (Å²) in [6.07, 6.45) is -0.0861. The number of amides is 1. The second-order valence-corrected chi connectivity index (χ2v) is 7.04. The van der Waals surface area contributed by atoms with Gasteiger partial charge in [0.25, 0.3) is 0 Å². The van der Waals surface area contributed by atoms with Crippen LogP contribution < -0.4 is 5.32 Å². The van der Waals surface area contributed by atoms with Crippen LogP contribution in [-0.4, -0.2) is 41.9 Å². The minimum absolute atomic E-state index is 0.0206. The number of nitrogens with one attached hydrogen (secondary N) is 1. The fourth-order valence-electron chi connectivity index (χ4n) is 3.75. The van der Waals surface area contributed by atoms with Gasteiger partial charge in [0.2, 0.25) is 5.91 Å². The number of carboxylic acids is 1. The van der Waals surface area contributed by atoms with Crippen LogP contribution in [0.5, 0.6) is 0 Å². The van der Waals surface area contributed by atoms with Crippen molar-refractivity contribution in [2.75, 3.05) is 11.9 Å². The topological polar surface area (TPSA) is 92.7 Å². The van der Waals surface area contributed by atoms with Gasteiger partial charge in [-0.3, -0.25) is 9.59 Å². The first-order valence-corrected chi connectivity index (χ1v) is 8.75. The minimum Gasteiger partial charge on any atom is -0.478 e. The summed E-state index contributed by atoms with van der Waals surface area (Å²) in [5, 5.41) is 11.5. The number of hydrogen-bond donors (Lipinski definition) is 2. The van der Waals surface area contributed by atoms with Gasteiger partial charge in [-0.1, -0.05) is 12.2 Å². The fourth-order valence-corrected chi connectivity index (χ4v) is 3.75. The molecule has 3 rings (SSSR count). The van der Waals surface area contributed by atoms with E-state index in [2.05, 4.69) is 10.1 Å². The van der Waals surface area contributed by atoms with Crippen molar-refractivity contribution in [3.8, 4) is 0 Å². The standard InChI is InChI=1S/C19H17F4NO5/c20-18(21)19(22,23)8-29-17(28)14-11-2-1-10(7-11)13(14)15(25)24-12-5-3-9(4-6-12)16(26)27/h1-6,10-11,13-14,18H,7-8H2,(H,24,25)(H,26,27)/t10-,11+,13+,14+/m1/s1. The Morgan fingerprint density at radius 2 is 1.69 bits per heavy atom. The van der Waals surface area contributed by atoms with Gasteiger partial charge < -0.3 is 15.2 Å². The van der Waals surface area contributed by atoms with E-state index in [0.717, 1.165) is 0 Å². The number of benzene rings is 1. The summed E-state index contributed by atoms with van der Waals surface area (Å²) < 4.78 is 55.1. The summed E-state index contributed by atoms with van der Waals surface area (Å²) in [5.74, 6) is -9.97. The molecule has 2 aliphatic carbocycles. The van der Waals surface area contributed by atoms with Gasteiger partial charge in [-0.15, -0.1) is 0 Å². The summed E-state index contributed by atoms with van der Waals surface area (Å²) in [7, 11) is 0. The molecule has 0 heterocycles. The molecule has 1 fully saturated rings. The van der Waals surface area contributed by atoms with Crippen molar-refractivity contribution in [1.82, 2.24) is 0 Å². The number of carboxylic acid groups (broad SMARTS) is 1. The molecule has 0 aromatic heterocycles. The van der Waals surface area contributed by atoms with Gasteiger partial charge in [0.05, 0.1) is 17.4 Å². The van der Waals surface area contributed by atoms with Crippen molar-refractivity contribution in [2.45, 2.75) is 18.8 Å². The van der Waals surface area contributed by atoms with E-state index in [9.17, 15) is 31.9 Å². The van der Waals surface area contributed by atoms with E-state index in [0.29, 0.717) is 12.1 Å². The van der Waals surface area contributed by atoms with E-state index < -0.39 is 54.6 Å². The number of esters is 1. The lowest BCUT2D eigenvalue weighted by molar-refractivity contribution is -0.184. The normalized spacial score (nSPS) is 25.3. The third kappa shape index (κ3) is 4.25. The molecular weight excluding hydrogens is 398 g/mol. The van der Waals surface area contributed by atoms with Crippen LogP contribution in [0.1, 0.15) is 16.8 Å². The summed E-state index contributed by atoms with van der Waals surface area (Å²) in [6.45, 7) is -1.76. The summed E-state index contributed by atoms with van der Waals surface area (Å²) in [5.41, 5.74) is 0.315. The quantitative estimate of drug-likeness (QED) is 0.405. The number of fused-ring (bicyclic) bond motifs is 2. The van der Waals surface area contributed by atoms with Crippen LogP contribution in [0.2, 0.25) is 0 Å². The molecule has 1 amide bonds. The van der Waals surface area contributed by atoms with Crippen molar-refractivity contribution in [1.29, 1.82) is 0 Å². The van der Waals surface area contributed by atoms with Crippen LogP contribution in [0.3, 0.4) is 0 Å². The lowest BCUT2D eigenvalue weighted by Crippen LogP contribution is -2.40. The first kappa shape index (κ1) is 20.8. The molecular formula is C19H17F4NO5. The fraction of sp³-hybridized carbons (Fsp3) is 0.421. The highest BCUT2D eigenvalue weighted by molar-refractivity contribution is 5.97. The SMILES string of the molecule is O=C(O)c1ccc(NC(=O)[C@@H]2[C@@H](C(=O)OCC(F)(F)C(F)F)[C@H]3C=C[C@@H]2C3)cc1. The number of carbonyl (C=O) groups excluding carboxylic acids is 2. The number of carbonyl (C=O) groups is 3. The Morgan fingerprint density at radius 1 is 1.10 bits per heavy atom. The number of ether oxygens (including phenoxy) is 1. The Morgan fingerprint density at radius 3 is 2.24 bits per heavy atom. The van der Waals surface area contributed by atoms with Gasteiger partial charge in [-0.25, -0.2) is 13.6 Å². The van der Waals surface area contributed by atoms with Crippen molar-refractivity contribution >= 4 is 23.5 Å². The van der Waals surface area contributed by atoms with E-state index in [1.165, 1.54) is 24.3 Å². The maximum Gasteiger partial charge on any atom is 0.340 e. The van der Waals surface area contributed by atoms with Gasteiger partial charge in [0, 0.05) is 5.69 Å². The molecule has 156 valence electrons. The van der Waals surface area contributed by atoms with Gasteiger partial charge >= 0.3 is 24.3 Å². The molecule has 1 saturated carbocycles. The predicted octanol–water partition coefficient (Wildman–Crippen LogP) is 3.21. The van der Waals surface area contributed by atoms with Crippen molar-refractivity contribution in [2.24, 2.45) is 23.7 Å². The van der Waals surface area contributed by atoms with Gasteiger partial charge in [-0.2, -0.15) is 8.78 Å². The Bertz CT molecular complexity index is 840. The van der Waals surface area contributed by atoms with Crippen LogP contribution in [0.25, 0.3) is 0 Å². The van der Waals surface area contributed by atoms with Gasteiger partial charge in [0.1, 0.15) is 0 Å². The van der Waals surface area contributed by atoms with E-state index in [1.54, 1.807) is 12.2 Å². The summed E-state index contributed by atoms with van der Waals surface area (Å²) in [6, 6.07) is 5.33. The number of allylic oxidation sites excluding steroid dienone is 2. The largest absolute Gasteiger partial charge is 0.478 e. The average Bonchev–Trinajstić information content (AvgIpc) is 3.28. The molecule has 10 heteroatoms. The van der Waals surface area contributed by atoms with Crippen LogP contribution >= 0.6 is 0 Å². The van der Waals surface area contributed by atoms with E-state index in [-0.39, 0.29) is 11.5 Å². The Kier molecular flexibility index (Phi) is 5.63. The lowest BCUT2D eigenvalue weighted by atomic mass is 9.82. The lowest BCUT2D eigenvalue weighted by Gasteiger charge is -2.26. The molecule has 0 aliphatic heterocycles. The second kappa shape index (κ2) is 7.84. The molecule has 0 spiro atoms. The molecule has 1 aromatic carbocycles. The van der Waals surface area contributed by atoms with Crippen LogP contribution in [0.15, 0.2) is 36.4 Å². The zero-order valence-electron chi connectivity index (χ0n) is 14.9. The molecule has 4 atom stereocenters. The maximum absolute atomic E-state index is 13.1. The zero-order valence-corrected chi connectivity index (χ0v) is 14.9. The van der Waals surface area contributed by atoms with E-state index in [4.69, 9.17) is 5.11 Å². The zero-order chi connectivity index (χ0) is 21.3. The first-order valence-electron chi connectivity index (χ1n) is 8.75. The van der Waals surface area contributed by atoms with Crippen LogP contribution in [0.4, 0.5) is 23.2 Å². The monoisotopic (exact) mass is 415 g/mol.